The van der Waals surface area contributed by atoms with Crippen molar-refractivity contribution < 1.29 is 18.4 Å². The number of rotatable bonds is 14. The Morgan fingerprint density at radius 2 is 1.47 bits per heavy atom. The fraction of sp³-hybridized carbons (Fsp3) is 1.00. The van der Waals surface area contributed by atoms with E-state index in [1.165, 1.54) is 12.8 Å². The van der Waals surface area contributed by atoms with Gasteiger partial charge in [0, 0.05) is 33.5 Å². The molecule has 0 saturated carbocycles. The lowest BCUT2D eigenvalue weighted by Crippen LogP contribution is -2.44. The molecule has 116 valence electrons. The summed E-state index contributed by atoms with van der Waals surface area (Å²) in [6.07, 6.45) is 7.47. The number of aliphatic hydroxyl groups is 1. The normalized spacial score (nSPS) is 12.0. The van der Waals surface area contributed by atoms with E-state index in [0.717, 1.165) is 38.1 Å². The van der Waals surface area contributed by atoms with Gasteiger partial charge in [-0.1, -0.05) is 25.7 Å². The summed E-state index contributed by atoms with van der Waals surface area (Å²) in [6, 6.07) is 0.866. The third-order valence-corrected chi connectivity index (χ3v) is 6.04. The zero-order valence-corrected chi connectivity index (χ0v) is 13.5. The van der Waals surface area contributed by atoms with E-state index in [9.17, 15) is 0 Å². The first-order valence-corrected chi connectivity index (χ1v) is 9.23. The molecule has 0 spiro atoms. The van der Waals surface area contributed by atoms with Gasteiger partial charge in [0.25, 0.3) is 0 Å². The van der Waals surface area contributed by atoms with Crippen LogP contribution in [0.2, 0.25) is 6.04 Å². The SMILES string of the molecule is CO[Si](CCCCCCCCO)(OC)OCCCN. The predicted octanol–water partition coefficient (Wildman–Crippen LogP) is 1.92. The van der Waals surface area contributed by atoms with Gasteiger partial charge in [0.1, 0.15) is 0 Å². The van der Waals surface area contributed by atoms with Crippen LogP contribution in [0.4, 0.5) is 0 Å². The van der Waals surface area contributed by atoms with Gasteiger partial charge in [0.2, 0.25) is 0 Å². The molecule has 0 aromatic carbocycles. The summed E-state index contributed by atoms with van der Waals surface area (Å²) in [7, 11) is 0.881. The molecule has 0 aliphatic rings. The van der Waals surface area contributed by atoms with Crippen molar-refractivity contribution in [2.45, 2.75) is 51.0 Å². The third-order valence-electron chi connectivity index (χ3n) is 3.18. The Labute approximate surface area is 118 Å². The van der Waals surface area contributed by atoms with Crippen LogP contribution < -0.4 is 5.73 Å². The molecule has 0 amide bonds. The molecule has 0 atom stereocenters. The minimum Gasteiger partial charge on any atom is -0.396 e. The van der Waals surface area contributed by atoms with Crippen molar-refractivity contribution >= 4 is 8.80 Å². The van der Waals surface area contributed by atoms with Crippen LogP contribution in [0.3, 0.4) is 0 Å². The van der Waals surface area contributed by atoms with E-state index in [1.54, 1.807) is 14.2 Å². The second-order valence-corrected chi connectivity index (χ2v) is 7.65. The summed E-state index contributed by atoms with van der Waals surface area (Å²) in [6.45, 7) is 1.54. The molecular formula is C13H31NO4Si. The van der Waals surface area contributed by atoms with E-state index >= 15 is 0 Å². The Kier molecular flexibility index (Phi) is 13.0. The Hall–Kier alpha value is 0.0169. The molecule has 0 rings (SSSR count). The summed E-state index contributed by atoms with van der Waals surface area (Å²) in [5.74, 6) is 0. The lowest BCUT2D eigenvalue weighted by molar-refractivity contribution is 0.0969. The Morgan fingerprint density at radius 1 is 0.895 bits per heavy atom. The van der Waals surface area contributed by atoms with E-state index in [-0.39, 0.29) is 0 Å². The van der Waals surface area contributed by atoms with Crippen LogP contribution in [0.25, 0.3) is 0 Å². The van der Waals surface area contributed by atoms with Gasteiger partial charge in [0.15, 0.2) is 0 Å². The average molecular weight is 293 g/mol. The van der Waals surface area contributed by atoms with Crippen LogP contribution in [0.1, 0.15) is 44.9 Å². The molecule has 0 bridgehead atoms. The summed E-state index contributed by atoms with van der Waals surface area (Å²) >= 11 is 0. The highest BCUT2D eigenvalue weighted by Gasteiger charge is 2.37. The standard InChI is InChI=1S/C13H31NO4Si/c1-16-19(17-2,18-12-9-10-14)13-8-6-4-3-5-7-11-15/h15H,3-14H2,1-2H3. The first kappa shape index (κ1) is 19.0. The molecule has 0 unspecified atom stereocenters. The first-order valence-electron chi connectivity index (χ1n) is 7.30. The van der Waals surface area contributed by atoms with Crippen molar-refractivity contribution in [1.29, 1.82) is 0 Å². The second kappa shape index (κ2) is 13.0. The molecule has 5 nitrogen and oxygen atoms in total. The maximum atomic E-state index is 8.69. The molecule has 0 aliphatic heterocycles. The van der Waals surface area contributed by atoms with Gasteiger partial charge < -0.3 is 24.1 Å². The molecule has 0 radical (unpaired) electrons. The largest absolute Gasteiger partial charge is 0.500 e. The molecule has 0 saturated heterocycles. The monoisotopic (exact) mass is 293 g/mol. The van der Waals surface area contributed by atoms with Gasteiger partial charge in [-0.25, -0.2) is 0 Å². The molecule has 0 fully saturated rings. The number of nitrogens with two attached hydrogens (primary N) is 1. The average Bonchev–Trinajstić information content (AvgIpc) is 2.45. The van der Waals surface area contributed by atoms with Crippen molar-refractivity contribution in [3.8, 4) is 0 Å². The number of aliphatic hydroxyl groups excluding tert-OH is 1. The van der Waals surface area contributed by atoms with Crippen molar-refractivity contribution in [3.05, 3.63) is 0 Å². The summed E-state index contributed by atoms with van der Waals surface area (Å²) < 4.78 is 16.8. The highest BCUT2D eigenvalue weighted by atomic mass is 28.4. The number of unbranched alkanes of at least 4 members (excludes halogenated alkanes) is 5. The molecule has 3 N–H and O–H groups in total. The summed E-state index contributed by atoms with van der Waals surface area (Å²) in [5, 5.41) is 8.69. The van der Waals surface area contributed by atoms with Crippen LogP contribution in [0, 0.1) is 0 Å². The Balaban J connectivity index is 3.74. The predicted molar refractivity (Wildman–Crippen MR) is 79.0 cm³/mol. The molecular weight excluding hydrogens is 262 g/mol. The fourth-order valence-electron chi connectivity index (χ4n) is 1.95. The Morgan fingerprint density at radius 3 is 2.00 bits per heavy atom. The van der Waals surface area contributed by atoms with Crippen LogP contribution in [0.15, 0.2) is 0 Å². The van der Waals surface area contributed by atoms with Crippen molar-refractivity contribution in [2.24, 2.45) is 5.73 Å². The van der Waals surface area contributed by atoms with Gasteiger partial charge in [-0.3, -0.25) is 0 Å². The van der Waals surface area contributed by atoms with E-state index < -0.39 is 8.80 Å². The fourth-order valence-corrected chi connectivity index (χ4v) is 4.04. The maximum absolute atomic E-state index is 8.69. The van der Waals surface area contributed by atoms with Crippen molar-refractivity contribution in [3.63, 3.8) is 0 Å². The number of hydrogen-bond acceptors (Lipinski definition) is 5. The van der Waals surface area contributed by atoms with E-state index in [1.807, 2.05) is 0 Å². The number of hydrogen-bond donors (Lipinski definition) is 2. The molecule has 0 aromatic rings. The molecule has 6 heteroatoms. The van der Waals surface area contributed by atoms with Crippen LogP contribution in [-0.4, -0.2) is 47.9 Å². The highest BCUT2D eigenvalue weighted by molar-refractivity contribution is 6.60. The van der Waals surface area contributed by atoms with Gasteiger partial charge in [-0.15, -0.1) is 0 Å². The quantitative estimate of drug-likeness (QED) is 0.378. The van der Waals surface area contributed by atoms with Gasteiger partial charge >= 0.3 is 8.80 Å². The van der Waals surface area contributed by atoms with E-state index in [0.29, 0.717) is 19.8 Å². The summed E-state index contributed by atoms with van der Waals surface area (Å²) in [4.78, 5) is 0. The van der Waals surface area contributed by atoms with Gasteiger partial charge in [-0.2, -0.15) is 0 Å². The van der Waals surface area contributed by atoms with Crippen molar-refractivity contribution in [2.75, 3.05) is 34.0 Å². The molecule has 0 aromatic heterocycles. The van der Waals surface area contributed by atoms with Crippen LogP contribution in [-0.2, 0) is 13.3 Å². The molecule has 0 heterocycles. The van der Waals surface area contributed by atoms with Gasteiger partial charge in [0.05, 0.1) is 0 Å². The maximum Gasteiger partial charge on any atom is 0.500 e. The smallest absolute Gasteiger partial charge is 0.396 e. The lowest BCUT2D eigenvalue weighted by atomic mass is 10.1. The molecule has 0 aliphatic carbocycles. The highest BCUT2D eigenvalue weighted by Crippen LogP contribution is 2.19. The second-order valence-electron chi connectivity index (χ2n) is 4.68. The van der Waals surface area contributed by atoms with E-state index in [2.05, 4.69) is 0 Å². The molecule has 19 heavy (non-hydrogen) atoms. The zero-order chi connectivity index (χ0) is 14.4. The third kappa shape index (κ3) is 9.54. The van der Waals surface area contributed by atoms with Crippen LogP contribution in [0.5, 0.6) is 0 Å². The van der Waals surface area contributed by atoms with Crippen molar-refractivity contribution in [1.82, 2.24) is 0 Å². The van der Waals surface area contributed by atoms with E-state index in [4.69, 9.17) is 24.1 Å². The van der Waals surface area contributed by atoms with Gasteiger partial charge in [-0.05, 0) is 25.8 Å². The minimum absolute atomic E-state index is 0.304. The minimum atomic E-state index is -2.45. The topological polar surface area (TPSA) is 73.9 Å². The summed E-state index contributed by atoms with van der Waals surface area (Å²) in [5.41, 5.74) is 5.46. The zero-order valence-electron chi connectivity index (χ0n) is 12.5. The Bertz CT molecular complexity index is 191. The van der Waals surface area contributed by atoms with Crippen LogP contribution >= 0.6 is 0 Å². The first-order chi connectivity index (χ1) is 9.24. The lowest BCUT2D eigenvalue weighted by Gasteiger charge is -2.26.